The highest BCUT2D eigenvalue weighted by Gasteiger charge is 2.22. The van der Waals surface area contributed by atoms with Crippen molar-refractivity contribution in [2.45, 2.75) is 20.0 Å². The van der Waals surface area contributed by atoms with E-state index in [2.05, 4.69) is 15.2 Å². The van der Waals surface area contributed by atoms with Gasteiger partial charge >= 0.3 is 5.97 Å². The second-order valence-corrected chi connectivity index (χ2v) is 5.25. The van der Waals surface area contributed by atoms with Gasteiger partial charge < -0.3 is 14.6 Å². The van der Waals surface area contributed by atoms with Crippen molar-refractivity contribution in [2.75, 3.05) is 11.4 Å². The van der Waals surface area contributed by atoms with Crippen LogP contribution >= 0.6 is 11.3 Å². The molecule has 3 heterocycles. The quantitative estimate of drug-likeness (QED) is 0.863. The number of anilines is 1. The molecule has 1 aliphatic heterocycles. The van der Waals surface area contributed by atoms with Gasteiger partial charge in [0.25, 0.3) is 0 Å². The molecule has 0 atom stereocenters. The Labute approximate surface area is 107 Å². The molecule has 0 radical (unpaired) electrons. The maximum atomic E-state index is 11.0. The summed E-state index contributed by atoms with van der Waals surface area (Å²) >= 11 is 1.40. The van der Waals surface area contributed by atoms with Crippen LogP contribution in [0.2, 0.25) is 0 Å². The van der Waals surface area contributed by atoms with Crippen molar-refractivity contribution >= 4 is 22.4 Å². The Balaban J connectivity index is 1.89. The molecule has 0 aromatic carbocycles. The summed E-state index contributed by atoms with van der Waals surface area (Å²) in [6.45, 7) is 3.98. The Kier molecular flexibility index (Phi) is 2.51. The fraction of sp³-hybridized carbons (Fsp3) is 0.400. The van der Waals surface area contributed by atoms with Gasteiger partial charge in [-0.15, -0.1) is 21.5 Å². The number of thiazole rings is 1. The van der Waals surface area contributed by atoms with Crippen LogP contribution in [-0.4, -0.2) is 37.4 Å². The molecule has 0 unspecified atom stereocenters. The average Bonchev–Trinajstić information content (AvgIpc) is 2.93. The predicted octanol–water partition coefficient (Wildman–Crippen LogP) is 0.761. The number of rotatable bonds is 2. The lowest BCUT2D eigenvalue weighted by atomic mass is 10.4. The smallest absolute Gasteiger partial charge is 0.355 e. The second-order valence-electron chi connectivity index (χ2n) is 4.07. The topological polar surface area (TPSA) is 84.1 Å². The van der Waals surface area contributed by atoms with Gasteiger partial charge in [-0.05, 0) is 6.92 Å². The monoisotopic (exact) mass is 265 g/mol. The average molecular weight is 265 g/mol. The van der Waals surface area contributed by atoms with Crippen LogP contribution in [0.3, 0.4) is 0 Å². The van der Waals surface area contributed by atoms with Crippen molar-refractivity contribution in [1.82, 2.24) is 19.7 Å². The minimum absolute atomic E-state index is 0.141. The summed E-state index contributed by atoms with van der Waals surface area (Å²) in [6.07, 6.45) is 1.71. The number of carboxylic acid groups (broad SMARTS) is 1. The normalized spacial score (nSPS) is 14.6. The Morgan fingerprint density at radius 2 is 2.33 bits per heavy atom. The van der Waals surface area contributed by atoms with Gasteiger partial charge in [0.05, 0.1) is 6.54 Å². The third-order valence-corrected chi connectivity index (χ3v) is 3.93. The fourth-order valence-corrected chi connectivity index (χ4v) is 2.87. The first-order valence-corrected chi connectivity index (χ1v) is 6.29. The van der Waals surface area contributed by atoms with Crippen molar-refractivity contribution in [1.29, 1.82) is 0 Å². The fourth-order valence-electron chi connectivity index (χ4n) is 1.95. The van der Waals surface area contributed by atoms with Crippen LogP contribution in [0.25, 0.3) is 0 Å². The van der Waals surface area contributed by atoms with E-state index in [1.54, 1.807) is 13.3 Å². The summed E-state index contributed by atoms with van der Waals surface area (Å²) in [7, 11) is 0. The number of aromatic nitrogens is 4. The van der Waals surface area contributed by atoms with Gasteiger partial charge in [-0.25, -0.2) is 9.78 Å². The van der Waals surface area contributed by atoms with E-state index in [0.717, 1.165) is 28.9 Å². The van der Waals surface area contributed by atoms with Crippen molar-refractivity contribution in [3.63, 3.8) is 0 Å². The molecule has 0 amide bonds. The van der Waals surface area contributed by atoms with E-state index in [0.29, 0.717) is 6.54 Å². The van der Waals surface area contributed by atoms with Crippen LogP contribution in [-0.2, 0) is 13.1 Å². The predicted molar refractivity (Wildman–Crippen MR) is 64.9 cm³/mol. The summed E-state index contributed by atoms with van der Waals surface area (Å²) in [5, 5.41) is 17.6. The maximum absolute atomic E-state index is 11.0. The van der Waals surface area contributed by atoms with E-state index in [1.807, 2.05) is 9.47 Å². The summed E-state index contributed by atoms with van der Waals surface area (Å²) in [5.41, 5.74) is 0.141. The maximum Gasteiger partial charge on any atom is 0.355 e. The first kappa shape index (κ1) is 11.1. The first-order chi connectivity index (χ1) is 8.65. The number of hydrogen-bond donors (Lipinski definition) is 1. The Hall–Kier alpha value is -1.96. The van der Waals surface area contributed by atoms with E-state index in [-0.39, 0.29) is 5.69 Å². The zero-order valence-electron chi connectivity index (χ0n) is 9.70. The van der Waals surface area contributed by atoms with Crippen LogP contribution < -0.4 is 4.90 Å². The van der Waals surface area contributed by atoms with E-state index >= 15 is 0 Å². The molecule has 0 bridgehead atoms. The number of aryl methyl sites for hydroxylation is 1. The van der Waals surface area contributed by atoms with Gasteiger partial charge in [0.1, 0.15) is 6.33 Å². The molecular formula is C10H11N5O2S. The van der Waals surface area contributed by atoms with Gasteiger partial charge in [-0.3, -0.25) is 0 Å². The largest absolute Gasteiger partial charge is 0.476 e. The molecule has 0 saturated carbocycles. The molecule has 0 fully saturated rings. The van der Waals surface area contributed by atoms with Crippen LogP contribution in [0.4, 0.5) is 5.13 Å². The van der Waals surface area contributed by atoms with Crippen LogP contribution in [0.1, 0.15) is 21.2 Å². The lowest BCUT2D eigenvalue weighted by molar-refractivity contribution is 0.0690. The van der Waals surface area contributed by atoms with E-state index in [1.165, 1.54) is 11.3 Å². The van der Waals surface area contributed by atoms with Crippen LogP contribution in [0, 0.1) is 6.92 Å². The first-order valence-electron chi connectivity index (χ1n) is 5.47. The molecule has 7 nitrogen and oxygen atoms in total. The molecule has 2 aromatic rings. The molecule has 1 N–H and O–H groups in total. The van der Waals surface area contributed by atoms with Gasteiger partial charge in [0.15, 0.2) is 16.6 Å². The molecule has 0 spiro atoms. The highest BCUT2D eigenvalue weighted by atomic mass is 32.1. The van der Waals surface area contributed by atoms with E-state index in [4.69, 9.17) is 5.11 Å². The lowest BCUT2D eigenvalue weighted by Gasteiger charge is -2.26. The number of aromatic carboxylic acids is 1. The molecule has 18 heavy (non-hydrogen) atoms. The van der Waals surface area contributed by atoms with Crippen molar-refractivity contribution in [3.8, 4) is 0 Å². The summed E-state index contributed by atoms with van der Waals surface area (Å²) in [5.74, 6) is -0.0962. The number of hydrogen-bond acceptors (Lipinski definition) is 6. The van der Waals surface area contributed by atoms with Crippen LogP contribution in [0.5, 0.6) is 0 Å². The van der Waals surface area contributed by atoms with Gasteiger partial charge in [0.2, 0.25) is 0 Å². The SMILES string of the molecule is Cc1sc(N2CCn3cnnc3C2)nc1C(=O)O. The highest BCUT2D eigenvalue weighted by Crippen LogP contribution is 2.28. The Morgan fingerprint density at radius 3 is 3.06 bits per heavy atom. The molecule has 0 saturated heterocycles. The number of carboxylic acids is 1. The Bertz CT molecular complexity index is 605. The minimum atomic E-state index is -0.977. The zero-order valence-corrected chi connectivity index (χ0v) is 10.5. The zero-order chi connectivity index (χ0) is 12.7. The van der Waals surface area contributed by atoms with Gasteiger partial charge in [0, 0.05) is 18.0 Å². The highest BCUT2D eigenvalue weighted by molar-refractivity contribution is 7.15. The molecule has 94 valence electrons. The third-order valence-electron chi connectivity index (χ3n) is 2.90. The lowest BCUT2D eigenvalue weighted by Crippen LogP contribution is -2.33. The molecule has 3 rings (SSSR count). The summed E-state index contributed by atoms with van der Waals surface area (Å²) < 4.78 is 2.00. The molecule has 8 heteroatoms. The Morgan fingerprint density at radius 1 is 1.50 bits per heavy atom. The van der Waals surface area contributed by atoms with Crippen molar-refractivity contribution in [2.24, 2.45) is 0 Å². The standard InChI is InChI=1S/C10H11N5O2S/c1-6-8(9(16)17)12-10(18-6)14-2-3-15-5-11-13-7(15)4-14/h5H,2-4H2,1H3,(H,16,17). The number of fused-ring (bicyclic) bond motifs is 1. The number of nitrogens with zero attached hydrogens (tertiary/aromatic N) is 5. The van der Waals surface area contributed by atoms with Crippen LogP contribution in [0.15, 0.2) is 6.33 Å². The van der Waals surface area contributed by atoms with Crippen molar-refractivity contribution < 1.29 is 9.90 Å². The minimum Gasteiger partial charge on any atom is -0.476 e. The number of carbonyl (C=O) groups is 1. The van der Waals surface area contributed by atoms with Crippen molar-refractivity contribution in [3.05, 3.63) is 22.7 Å². The molecular weight excluding hydrogens is 254 g/mol. The molecule has 2 aromatic heterocycles. The van der Waals surface area contributed by atoms with E-state index < -0.39 is 5.97 Å². The summed E-state index contributed by atoms with van der Waals surface area (Å²) in [4.78, 5) is 17.9. The van der Waals surface area contributed by atoms with Gasteiger partial charge in [-0.2, -0.15) is 0 Å². The van der Waals surface area contributed by atoms with Gasteiger partial charge in [-0.1, -0.05) is 0 Å². The molecule has 1 aliphatic rings. The second kappa shape index (κ2) is 4.05. The summed E-state index contributed by atoms with van der Waals surface area (Å²) in [6, 6.07) is 0. The molecule has 0 aliphatic carbocycles. The van der Waals surface area contributed by atoms with E-state index in [9.17, 15) is 4.79 Å². The third kappa shape index (κ3) is 1.74.